The minimum Gasteiger partial charge on any atom is -0.507 e. The molecule has 2 unspecified atom stereocenters. The maximum atomic E-state index is 12.4. The summed E-state index contributed by atoms with van der Waals surface area (Å²) in [5.41, 5.74) is 3.39. The van der Waals surface area contributed by atoms with E-state index in [1.807, 2.05) is 4.90 Å². The monoisotopic (exact) mass is 450 g/mol. The molecule has 0 bridgehead atoms. The van der Waals surface area contributed by atoms with E-state index >= 15 is 0 Å². The Balaban J connectivity index is 1.81. The van der Waals surface area contributed by atoms with Crippen LogP contribution in [0.5, 0.6) is 5.75 Å². The molecular weight excluding hydrogens is 428 g/mol. The Hall–Kier alpha value is -2.62. The number of guanidine groups is 1. The molecule has 3 amide bonds. The summed E-state index contributed by atoms with van der Waals surface area (Å²) in [6.07, 6.45) is 1.72. The fraction of sp³-hybridized carbons (Fsp3) is 0.444. The first kappa shape index (κ1) is 20.1. The summed E-state index contributed by atoms with van der Waals surface area (Å²) in [7, 11) is 1.61. The standard InChI is InChI=1S/C18H23BrN6O3/c1-10(2)6-7-25-14-15(24(3)18(28)22-16(14)27)21-17(25)23-20-9-11-8-12(19)4-5-13(11)26/h4-5,8-10,14-15,26H,6-7H2,1-3H3,(H,21,23)(H,22,27,28)/b20-9-. The molecule has 0 aromatic heterocycles. The number of aromatic hydroxyl groups is 1. The van der Waals surface area contributed by atoms with Crippen LogP contribution in [0.4, 0.5) is 4.79 Å². The van der Waals surface area contributed by atoms with Crippen molar-refractivity contribution in [1.29, 1.82) is 0 Å². The molecule has 2 aliphatic heterocycles. The lowest BCUT2D eigenvalue weighted by Gasteiger charge is -2.36. The number of nitrogens with one attached hydrogen (secondary N) is 2. The number of imide groups is 1. The SMILES string of the molecule is CC(C)CCN1C(N/N=C\c2cc(Br)ccc2O)=NC2C1C(=O)NC(=O)N2C. The molecule has 3 rings (SSSR count). The topological polar surface area (TPSA) is 110 Å². The molecule has 2 atom stereocenters. The van der Waals surface area contributed by atoms with Gasteiger partial charge in [-0.2, -0.15) is 5.10 Å². The number of phenolic OH excluding ortho intramolecular Hbond substituents is 1. The Bertz CT molecular complexity index is 841. The molecule has 28 heavy (non-hydrogen) atoms. The third-order valence-electron chi connectivity index (χ3n) is 4.67. The molecule has 0 saturated carbocycles. The lowest BCUT2D eigenvalue weighted by atomic mass is 10.1. The van der Waals surface area contributed by atoms with Gasteiger partial charge in [0.15, 0.2) is 12.2 Å². The highest BCUT2D eigenvalue weighted by Crippen LogP contribution is 2.24. The molecule has 1 fully saturated rings. The van der Waals surface area contributed by atoms with Crippen molar-refractivity contribution in [2.24, 2.45) is 16.0 Å². The number of nitrogens with zero attached hydrogens (tertiary/aromatic N) is 4. The summed E-state index contributed by atoms with van der Waals surface area (Å²) in [5.74, 6) is 0.578. The van der Waals surface area contributed by atoms with Gasteiger partial charge in [-0.05, 0) is 30.5 Å². The smallest absolute Gasteiger partial charge is 0.325 e. The number of hydrazone groups is 1. The number of hydrogen-bond donors (Lipinski definition) is 3. The zero-order valence-electron chi connectivity index (χ0n) is 15.9. The first-order valence-corrected chi connectivity index (χ1v) is 9.77. The Labute approximate surface area is 171 Å². The van der Waals surface area contributed by atoms with Gasteiger partial charge in [0, 0.05) is 23.6 Å². The molecule has 3 N–H and O–H groups in total. The minimum absolute atomic E-state index is 0.0946. The van der Waals surface area contributed by atoms with E-state index in [0.29, 0.717) is 24.0 Å². The minimum atomic E-state index is -0.606. The average molecular weight is 451 g/mol. The summed E-state index contributed by atoms with van der Waals surface area (Å²) < 4.78 is 0.811. The van der Waals surface area contributed by atoms with Crippen LogP contribution in [0, 0.1) is 5.92 Å². The second kappa shape index (κ2) is 8.17. The van der Waals surface area contributed by atoms with Gasteiger partial charge in [0.1, 0.15) is 5.75 Å². The van der Waals surface area contributed by atoms with E-state index in [4.69, 9.17) is 0 Å². The second-order valence-corrected chi connectivity index (χ2v) is 8.08. The van der Waals surface area contributed by atoms with E-state index in [-0.39, 0.29) is 11.7 Å². The molecule has 1 saturated heterocycles. The number of benzene rings is 1. The van der Waals surface area contributed by atoms with Crippen LogP contribution in [0.15, 0.2) is 32.8 Å². The molecule has 1 aromatic carbocycles. The van der Waals surface area contributed by atoms with Crippen LogP contribution in [-0.2, 0) is 4.79 Å². The van der Waals surface area contributed by atoms with Crippen molar-refractivity contribution in [1.82, 2.24) is 20.5 Å². The molecule has 0 spiro atoms. The first-order chi connectivity index (χ1) is 13.3. The van der Waals surface area contributed by atoms with Crippen molar-refractivity contribution in [3.05, 3.63) is 28.2 Å². The number of carbonyl (C=O) groups is 2. The maximum Gasteiger partial charge on any atom is 0.325 e. The zero-order chi connectivity index (χ0) is 20.4. The number of fused-ring (bicyclic) bond motifs is 1. The fourth-order valence-corrected chi connectivity index (χ4v) is 3.43. The number of phenols is 1. The number of carbonyl (C=O) groups excluding carboxylic acids is 2. The third-order valence-corrected chi connectivity index (χ3v) is 5.16. The predicted molar refractivity (Wildman–Crippen MR) is 109 cm³/mol. The van der Waals surface area contributed by atoms with Crippen LogP contribution in [-0.4, -0.2) is 64.8 Å². The Morgan fingerprint density at radius 1 is 1.43 bits per heavy atom. The number of likely N-dealkylation sites (N-methyl/N-ethyl adjacent to an activating group) is 1. The summed E-state index contributed by atoms with van der Waals surface area (Å²) >= 11 is 3.35. The van der Waals surface area contributed by atoms with Crippen molar-refractivity contribution >= 4 is 40.0 Å². The fourth-order valence-electron chi connectivity index (χ4n) is 3.05. The summed E-state index contributed by atoms with van der Waals surface area (Å²) in [6.45, 7) is 4.79. The Morgan fingerprint density at radius 2 is 2.18 bits per heavy atom. The molecule has 2 aliphatic rings. The van der Waals surface area contributed by atoms with E-state index in [9.17, 15) is 14.7 Å². The molecule has 150 valence electrons. The first-order valence-electron chi connectivity index (χ1n) is 8.97. The zero-order valence-corrected chi connectivity index (χ0v) is 17.5. The van der Waals surface area contributed by atoms with Gasteiger partial charge in [0.05, 0.1) is 6.21 Å². The number of urea groups is 1. The highest BCUT2D eigenvalue weighted by Gasteiger charge is 2.48. The normalized spacial score (nSPS) is 22.0. The van der Waals surface area contributed by atoms with Crippen LogP contribution >= 0.6 is 15.9 Å². The molecule has 0 radical (unpaired) electrons. The van der Waals surface area contributed by atoms with Crippen molar-refractivity contribution < 1.29 is 14.7 Å². The lowest BCUT2D eigenvalue weighted by Crippen LogP contribution is -2.64. The van der Waals surface area contributed by atoms with Crippen molar-refractivity contribution in [2.45, 2.75) is 32.5 Å². The van der Waals surface area contributed by atoms with E-state index in [1.165, 1.54) is 11.1 Å². The molecule has 1 aromatic rings. The maximum absolute atomic E-state index is 12.4. The predicted octanol–water partition coefficient (Wildman–Crippen LogP) is 1.67. The average Bonchev–Trinajstić information content (AvgIpc) is 3.00. The van der Waals surface area contributed by atoms with Gasteiger partial charge in [-0.15, -0.1) is 0 Å². The molecule has 0 aliphatic carbocycles. The number of halogens is 1. The van der Waals surface area contributed by atoms with Gasteiger partial charge in [-0.25, -0.2) is 15.2 Å². The van der Waals surface area contributed by atoms with Crippen LogP contribution in [0.3, 0.4) is 0 Å². The van der Waals surface area contributed by atoms with E-state index < -0.39 is 18.2 Å². The molecule has 9 nitrogen and oxygen atoms in total. The quantitative estimate of drug-likeness (QED) is 0.466. The second-order valence-electron chi connectivity index (χ2n) is 7.17. The Morgan fingerprint density at radius 3 is 2.89 bits per heavy atom. The largest absolute Gasteiger partial charge is 0.507 e. The molecule has 10 heteroatoms. The van der Waals surface area contributed by atoms with Crippen LogP contribution in [0.1, 0.15) is 25.8 Å². The Kier molecular flexibility index (Phi) is 5.87. The van der Waals surface area contributed by atoms with Crippen LogP contribution in [0.2, 0.25) is 0 Å². The summed E-state index contributed by atoms with van der Waals surface area (Å²) in [6, 6.07) is 3.95. The van der Waals surface area contributed by atoms with Crippen molar-refractivity contribution in [3.63, 3.8) is 0 Å². The number of amides is 3. The number of aliphatic imine (C=N–C) groups is 1. The van der Waals surface area contributed by atoms with Gasteiger partial charge < -0.3 is 14.9 Å². The van der Waals surface area contributed by atoms with E-state index in [0.717, 1.165) is 10.9 Å². The third kappa shape index (κ3) is 4.11. The van der Waals surface area contributed by atoms with E-state index in [1.54, 1.807) is 25.2 Å². The number of rotatable bonds is 5. The van der Waals surface area contributed by atoms with Crippen LogP contribution in [0.25, 0.3) is 0 Å². The highest BCUT2D eigenvalue weighted by molar-refractivity contribution is 9.10. The van der Waals surface area contributed by atoms with Gasteiger partial charge in [-0.3, -0.25) is 10.1 Å². The highest BCUT2D eigenvalue weighted by atomic mass is 79.9. The summed E-state index contributed by atoms with van der Waals surface area (Å²) in [4.78, 5) is 32.1. The number of hydrogen-bond acceptors (Lipinski definition) is 7. The van der Waals surface area contributed by atoms with Gasteiger partial charge in [-0.1, -0.05) is 29.8 Å². The van der Waals surface area contributed by atoms with Crippen molar-refractivity contribution in [3.8, 4) is 5.75 Å². The van der Waals surface area contributed by atoms with Crippen LogP contribution < -0.4 is 10.7 Å². The summed E-state index contributed by atoms with van der Waals surface area (Å²) in [5, 5.41) is 16.4. The van der Waals surface area contributed by atoms with Crippen molar-refractivity contribution in [2.75, 3.05) is 13.6 Å². The molecule has 2 heterocycles. The van der Waals surface area contributed by atoms with Gasteiger partial charge in [0.25, 0.3) is 5.91 Å². The molecular formula is C18H23BrN6O3. The van der Waals surface area contributed by atoms with Gasteiger partial charge in [0.2, 0.25) is 5.96 Å². The van der Waals surface area contributed by atoms with E-state index in [2.05, 4.69) is 50.6 Å². The van der Waals surface area contributed by atoms with Gasteiger partial charge >= 0.3 is 6.03 Å². The lowest BCUT2D eigenvalue weighted by molar-refractivity contribution is -0.127.